The molecule has 3 atom stereocenters. The van der Waals surface area contributed by atoms with Crippen LogP contribution in [0.2, 0.25) is 0 Å². The first kappa shape index (κ1) is 19.1. The first-order valence-electron chi connectivity index (χ1n) is 8.52. The number of nitrogens with zero attached hydrogens (tertiary/aromatic N) is 1. The topological polar surface area (TPSA) is 76.4 Å². The minimum absolute atomic E-state index is 0. The van der Waals surface area contributed by atoms with Crippen LogP contribution in [0.3, 0.4) is 0 Å². The molecule has 2 N–H and O–H groups in total. The van der Waals surface area contributed by atoms with Gasteiger partial charge in [-0.2, -0.15) is 0 Å². The lowest BCUT2D eigenvalue weighted by atomic mass is 9.94. The van der Waals surface area contributed by atoms with E-state index in [9.17, 15) is 10.1 Å². The molecule has 0 amide bonds. The highest BCUT2D eigenvalue weighted by Gasteiger charge is 2.34. The average Bonchev–Trinajstić information content (AvgIpc) is 3.04. The van der Waals surface area contributed by atoms with Crippen LogP contribution in [0.25, 0.3) is 0 Å². The average molecular weight is 356 g/mol. The summed E-state index contributed by atoms with van der Waals surface area (Å²) in [5.41, 5.74) is 1.03. The Hall–Kier alpha value is -1.21. The van der Waals surface area contributed by atoms with Crippen molar-refractivity contribution in [2.75, 3.05) is 26.3 Å². The summed E-state index contributed by atoms with van der Waals surface area (Å²) in [4.78, 5) is 10.8. The third kappa shape index (κ3) is 4.66. The maximum Gasteiger partial charge on any atom is 0.272 e. The second-order valence-electron chi connectivity index (χ2n) is 6.43. The quantitative estimate of drug-likeness (QED) is 0.605. The van der Waals surface area contributed by atoms with Gasteiger partial charge < -0.3 is 15.4 Å². The first-order valence-corrected chi connectivity index (χ1v) is 8.52. The summed E-state index contributed by atoms with van der Waals surface area (Å²) in [5, 5.41) is 18.3. The van der Waals surface area contributed by atoms with E-state index in [4.69, 9.17) is 4.74 Å². The van der Waals surface area contributed by atoms with Gasteiger partial charge in [0.05, 0.1) is 18.1 Å². The molecule has 0 aromatic heterocycles. The number of ether oxygens (including phenoxy) is 1. The number of hydrogen-bond donors (Lipinski definition) is 2. The van der Waals surface area contributed by atoms with Crippen LogP contribution in [0.5, 0.6) is 0 Å². The molecule has 134 valence electrons. The number of para-hydroxylation sites is 1. The second-order valence-corrected chi connectivity index (χ2v) is 6.43. The number of nitro benzene ring substituents is 1. The molecule has 1 aromatic carbocycles. The Balaban J connectivity index is 0.00000208. The van der Waals surface area contributed by atoms with E-state index in [1.54, 1.807) is 12.1 Å². The third-order valence-corrected chi connectivity index (χ3v) is 5.03. The summed E-state index contributed by atoms with van der Waals surface area (Å²) < 4.78 is 5.59. The van der Waals surface area contributed by atoms with Gasteiger partial charge in [-0.25, -0.2) is 0 Å². The Kier molecular flexibility index (Phi) is 7.42. The van der Waals surface area contributed by atoms with Gasteiger partial charge in [-0.15, -0.1) is 12.4 Å². The van der Waals surface area contributed by atoms with E-state index in [-0.39, 0.29) is 23.0 Å². The molecule has 0 spiro atoms. The number of hydrogen-bond acceptors (Lipinski definition) is 5. The van der Waals surface area contributed by atoms with Crippen LogP contribution in [0.1, 0.15) is 24.8 Å². The summed E-state index contributed by atoms with van der Waals surface area (Å²) in [6.07, 6.45) is 4.34. The highest BCUT2D eigenvalue weighted by Crippen LogP contribution is 2.29. The number of morpholine rings is 1. The molecule has 1 aromatic rings. The van der Waals surface area contributed by atoms with Gasteiger partial charge in [0.15, 0.2) is 0 Å². The first-order chi connectivity index (χ1) is 11.3. The van der Waals surface area contributed by atoms with Crippen LogP contribution in [0.15, 0.2) is 24.3 Å². The summed E-state index contributed by atoms with van der Waals surface area (Å²) >= 11 is 0. The van der Waals surface area contributed by atoms with Gasteiger partial charge in [-0.1, -0.05) is 24.6 Å². The molecule has 2 fully saturated rings. The molecule has 3 rings (SSSR count). The maximum absolute atomic E-state index is 11.1. The van der Waals surface area contributed by atoms with E-state index in [0.717, 1.165) is 31.9 Å². The Morgan fingerprint density at radius 1 is 1.33 bits per heavy atom. The predicted molar refractivity (Wildman–Crippen MR) is 95.8 cm³/mol. The van der Waals surface area contributed by atoms with Crippen molar-refractivity contribution < 1.29 is 9.66 Å². The molecule has 1 heterocycles. The van der Waals surface area contributed by atoms with Crippen molar-refractivity contribution in [1.82, 2.24) is 10.6 Å². The van der Waals surface area contributed by atoms with Crippen molar-refractivity contribution in [3.05, 3.63) is 39.9 Å². The molecule has 3 unspecified atom stereocenters. The minimum atomic E-state index is -0.295. The lowest BCUT2D eigenvalue weighted by Crippen LogP contribution is -2.51. The van der Waals surface area contributed by atoms with Crippen LogP contribution in [0.4, 0.5) is 5.69 Å². The van der Waals surface area contributed by atoms with Gasteiger partial charge in [-0.3, -0.25) is 10.1 Å². The zero-order chi connectivity index (χ0) is 16.1. The van der Waals surface area contributed by atoms with Crippen molar-refractivity contribution in [2.45, 2.75) is 37.8 Å². The molecular weight excluding hydrogens is 330 g/mol. The summed E-state index contributed by atoms with van der Waals surface area (Å²) in [7, 11) is 0. The molecule has 2 aliphatic rings. The van der Waals surface area contributed by atoms with E-state index < -0.39 is 0 Å². The van der Waals surface area contributed by atoms with Gasteiger partial charge in [0.2, 0.25) is 0 Å². The lowest BCUT2D eigenvalue weighted by molar-refractivity contribution is -0.385. The Bertz CT molecular complexity index is 538. The van der Waals surface area contributed by atoms with E-state index in [1.807, 2.05) is 12.1 Å². The van der Waals surface area contributed by atoms with Crippen LogP contribution in [0, 0.1) is 16.0 Å². The summed E-state index contributed by atoms with van der Waals surface area (Å²) in [5.74, 6) is 0.598. The molecule has 1 saturated carbocycles. The predicted octanol–water partition coefficient (Wildman–Crippen LogP) is 2.31. The number of rotatable bonds is 6. The molecule has 1 aliphatic carbocycles. The van der Waals surface area contributed by atoms with E-state index in [1.165, 1.54) is 19.3 Å². The van der Waals surface area contributed by atoms with Gasteiger partial charge >= 0.3 is 0 Å². The Morgan fingerprint density at radius 3 is 2.92 bits per heavy atom. The molecule has 1 saturated heterocycles. The zero-order valence-corrected chi connectivity index (χ0v) is 14.6. The van der Waals surface area contributed by atoms with Gasteiger partial charge in [0.25, 0.3) is 5.69 Å². The van der Waals surface area contributed by atoms with Crippen LogP contribution in [-0.4, -0.2) is 43.3 Å². The summed E-state index contributed by atoms with van der Waals surface area (Å²) in [6.45, 7) is 3.32. The van der Waals surface area contributed by atoms with Crippen molar-refractivity contribution in [1.29, 1.82) is 0 Å². The number of nitrogens with one attached hydrogen (secondary N) is 2. The fourth-order valence-corrected chi connectivity index (χ4v) is 3.88. The molecule has 7 heteroatoms. The Morgan fingerprint density at radius 2 is 2.17 bits per heavy atom. The van der Waals surface area contributed by atoms with Gasteiger partial charge in [0.1, 0.15) is 0 Å². The summed E-state index contributed by atoms with van der Waals surface area (Å²) in [6, 6.07) is 7.94. The molecular formula is C17H26ClN3O3. The molecule has 24 heavy (non-hydrogen) atoms. The molecule has 0 radical (unpaired) electrons. The fourth-order valence-electron chi connectivity index (χ4n) is 3.88. The molecule has 6 nitrogen and oxygen atoms in total. The largest absolute Gasteiger partial charge is 0.379 e. The molecule has 0 bridgehead atoms. The lowest BCUT2D eigenvalue weighted by Gasteiger charge is -2.33. The smallest absolute Gasteiger partial charge is 0.272 e. The second kappa shape index (κ2) is 9.32. The maximum atomic E-state index is 11.1. The van der Waals surface area contributed by atoms with Crippen LogP contribution >= 0.6 is 12.4 Å². The van der Waals surface area contributed by atoms with Gasteiger partial charge in [0, 0.05) is 30.3 Å². The van der Waals surface area contributed by atoms with Crippen molar-refractivity contribution >= 4 is 18.1 Å². The normalized spacial score (nSPS) is 26.8. The van der Waals surface area contributed by atoms with Crippen LogP contribution in [-0.2, 0) is 11.2 Å². The van der Waals surface area contributed by atoms with Gasteiger partial charge in [-0.05, 0) is 31.7 Å². The van der Waals surface area contributed by atoms with E-state index in [0.29, 0.717) is 24.4 Å². The monoisotopic (exact) mass is 355 g/mol. The van der Waals surface area contributed by atoms with Crippen molar-refractivity contribution in [2.24, 2.45) is 5.92 Å². The van der Waals surface area contributed by atoms with E-state index >= 15 is 0 Å². The van der Waals surface area contributed by atoms with Crippen molar-refractivity contribution in [3.63, 3.8) is 0 Å². The SMILES string of the molecule is Cl.O=[N+]([O-])c1ccccc1CCNC1CCCC1C1COCCN1. The number of benzene rings is 1. The Labute approximate surface area is 148 Å². The fraction of sp³-hybridized carbons (Fsp3) is 0.647. The highest BCUT2D eigenvalue weighted by atomic mass is 35.5. The zero-order valence-electron chi connectivity index (χ0n) is 13.8. The standard InChI is InChI=1S/C17H25N3O3.ClH/c21-20(22)17-7-2-1-4-13(17)8-9-18-15-6-3-5-14(15)16-12-23-11-10-19-16;/h1-2,4,7,14-16,18-19H,3,5-6,8-12H2;1H. The van der Waals surface area contributed by atoms with E-state index in [2.05, 4.69) is 10.6 Å². The van der Waals surface area contributed by atoms with Crippen molar-refractivity contribution in [3.8, 4) is 0 Å². The number of nitro groups is 1. The van der Waals surface area contributed by atoms with Crippen LogP contribution < -0.4 is 10.6 Å². The molecule has 1 aliphatic heterocycles. The highest BCUT2D eigenvalue weighted by molar-refractivity contribution is 5.85. The minimum Gasteiger partial charge on any atom is -0.379 e. The third-order valence-electron chi connectivity index (χ3n) is 5.03. The number of halogens is 1.